The zero-order valence-corrected chi connectivity index (χ0v) is 11.6. The second-order valence-electron chi connectivity index (χ2n) is 5.79. The average molecular weight is 240 g/mol. The average Bonchev–Trinajstić information content (AvgIpc) is 3.15. The molecule has 1 saturated carbocycles. The van der Waals surface area contributed by atoms with Crippen LogP contribution in [0.3, 0.4) is 0 Å². The van der Waals surface area contributed by atoms with E-state index in [0.717, 1.165) is 18.5 Å². The van der Waals surface area contributed by atoms with E-state index in [9.17, 15) is 0 Å². The molecule has 1 heterocycles. The van der Waals surface area contributed by atoms with Gasteiger partial charge in [0.25, 0.3) is 0 Å². The van der Waals surface area contributed by atoms with E-state index < -0.39 is 0 Å². The molecular weight excluding hydrogens is 212 g/mol. The topological polar surface area (TPSA) is 24.5 Å². The number of hydrogen-bond donors (Lipinski definition) is 1. The SMILES string of the molecule is CCCC1CNC(C2CC2)CN1CC(C)OC. The molecule has 3 atom stereocenters. The maximum atomic E-state index is 5.43. The molecule has 1 aliphatic heterocycles. The molecule has 0 aromatic heterocycles. The maximum Gasteiger partial charge on any atom is 0.0670 e. The van der Waals surface area contributed by atoms with Crippen molar-refractivity contribution in [2.45, 2.75) is 57.7 Å². The van der Waals surface area contributed by atoms with Crippen molar-refractivity contribution in [1.29, 1.82) is 0 Å². The number of methoxy groups -OCH3 is 1. The zero-order valence-electron chi connectivity index (χ0n) is 11.6. The smallest absolute Gasteiger partial charge is 0.0670 e. The molecule has 2 fully saturated rings. The van der Waals surface area contributed by atoms with E-state index in [0.29, 0.717) is 12.1 Å². The Morgan fingerprint density at radius 3 is 2.76 bits per heavy atom. The first-order valence-electron chi connectivity index (χ1n) is 7.24. The van der Waals surface area contributed by atoms with Crippen molar-refractivity contribution in [3.63, 3.8) is 0 Å². The van der Waals surface area contributed by atoms with E-state index in [2.05, 4.69) is 24.1 Å². The van der Waals surface area contributed by atoms with Crippen molar-refractivity contribution < 1.29 is 4.74 Å². The van der Waals surface area contributed by atoms with E-state index in [-0.39, 0.29) is 0 Å². The van der Waals surface area contributed by atoms with Crippen LogP contribution in [0.4, 0.5) is 0 Å². The largest absolute Gasteiger partial charge is 0.380 e. The number of nitrogens with zero attached hydrogens (tertiary/aromatic N) is 1. The number of rotatable bonds is 6. The molecule has 3 nitrogen and oxygen atoms in total. The maximum absolute atomic E-state index is 5.43. The van der Waals surface area contributed by atoms with Gasteiger partial charge in [0, 0.05) is 38.8 Å². The second-order valence-corrected chi connectivity index (χ2v) is 5.79. The third-order valence-electron chi connectivity index (χ3n) is 4.27. The minimum atomic E-state index is 0.354. The first kappa shape index (κ1) is 13.3. The molecule has 2 rings (SSSR count). The molecule has 0 radical (unpaired) electrons. The first-order valence-corrected chi connectivity index (χ1v) is 7.24. The van der Waals surface area contributed by atoms with E-state index in [1.54, 1.807) is 0 Å². The van der Waals surface area contributed by atoms with Gasteiger partial charge in [-0.25, -0.2) is 0 Å². The summed E-state index contributed by atoms with van der Waals surface area (Å²) in [5, 5.41) is 3.75. The van der Waals surface area contributed by atoms with E-state index in [1.807, 2.05) is 7.11 Å². The summed E-state index contributed by atoms with van der Waals surface area (Å²) < 4.78 is 5.43. The van der Waals surface area contributed by atoms with Gasteiger partial charge in [0.1, 0.15) is 0 Å². The van der Waals surface area contributed by atoms with Crippen LogP contribution in [-0.4, -0.2) is 49.8 Å². The second kappa shape index (κ2) is 6.17. The molecular formula is C14H28N2O. The van der Waals surface area contributed by atoms with Crippen molar-refractivity contribution in [1.82, 2.24) is 10.2 Å². The minimum absolute atomic E-state index is 0.354. The summed E-state index contributed by atoms with van der Waals surface area (Å²) in [6, 6.07) is 1.46. The molecule has 100 valence electrons. The fraction of sp³-hybridized carbons (Fsp3) is 1.00. The van der Waals surface area contributed by atoms with Crippen molar-refractivity contribution in [2.75, 3.05) is 26.7 Å². The molecule has 1 saturated heterocycles. The lowest BCUT2D eigenvalue weighted by atomic mass is 10.0. The van der Waals surface area contributed by atoms with Gasteiger partial charge in [-0.1, -0.05) is 13.3 Å². The predicted octanol–water partition coefficient (Wildman–Crippen LogP) is 1.87. The molecule has 0 amide bonds. The van der Waals surface area contributed by atoms with Crippen LogP contribution in [0.1, 0.15) is 39.5 Å². The summed E-state index contributed by atoms with van der Waals surface area (Å²) in [6.45, 7) is 7.95. The molecule has 0 spiro atoms. The fourth-order valence-electron chi connectivity index (χ4n) is 2.94. The molecule has 1 aliphatic carbocycles. The van der Waals surface area contributed by atoms with Gasteiger partial charge in [-0.05, 0) is 32.1 Å². The molecule has 17 heavy (non-hydrogen) atoms. The van der Waals surface area contributed by atoms with Gasteiger partial charge in [0.05, 0.1) is 6.10 Å². The van der Waals surface area contributed by atoms with E-state index in [1.165, 1.54) is 38.8 Å². The lowest BCUT2D eigenvalue weighted by Crippen LogP contribution is -2.58. The Morgan fingerprint density at radius 2 is 2.18 bits per heavy atom. The van der Waals surface area contributed by atoms with Crippen LogP contribution >= 0.6 is 0 Å². The van der Waals surface area contributed by atoms with Gasteiger partial charge in [0.2, 0.25) is 0 Å². The minimum Gasteiger partial charge on any atom is -0.380 e. The molecule has 1 N–H and O–H groups in total. The summed E-state index contributed by atoms with van der Waals surface area (Å²) in [5.41, 5.74) is 0. The Bertz CT molecular complexity index is 230. The summed E-state index contributed by atoms with van der Waals surface area (Å²) in [4.78, 5) is 2.66. The first-order chi connectivity index (χ1) is 8.24. The highest BCUT2D eigenvalue weighted by Gasteiger charge is 2.37. The van der Waals surface area contributed by atoms with Gasteiger partial charge in [-0.15, -0.1) is 0 Å². The van der Waals surface area contributed by atoms with Crippen molar-refractivity contribution in [3.05, 3.63) is 0 Å². The Labute approximate surface area is 106 Å². The number of ether oxygens (including phenoxy) is 1. The highest BCUT2D eigenvalue weighted by molar-refractivity contribution is 4.94. The van der Waals surface area contributed by atoms with Crippen LogP contribution in [-0.2, 0) is 4.74 Å². The Kier molecular flexibility index (Phi) is 4.83. The third-order valence-corrected chi connectivity index (χ3v) is 4.27. The molecule has 2 aliphatic rings. The molecule has 0 bridgehead atoms. The van der Waals surface area contributed by atoms with E-state index in [4.69, 9.17) is 4.74 Å². The van der Waals surface area contributed by atoms with Crippen molar-refractivity contribution in [2.24, 2.45) is 5.92 Å². The Morgan fingerprint density at radius 1 is 1.41 bits per heavy atom. The molecule has 3 heteroatoms. The Hall–Kier alpha value is -0.120. The fourth-order valence-corrected chi connectivity index (χ4v) is 2.94. The third kappa shape index (κ3) is 3.67. The molecule has 3 unspecified atom stereocenters. The van der Waals surface area contributed by atoms with Gasteiger partial charge in [-0.2, -0.15) is 0 Å². The standard InChI is InChI=1S/C14H28N2O/c1-4-5-13-8-15-14(12-6-7-12)10-16(13)9-11(2)17-3/h11-15H,4-10H2,1-3H3. The van der Waals surface area contributed by atoms with Gasteiger partial charge in [0.15, 0.2) is 0 Å². The highest BCUT2D eigenvalue weighted by atomic mass is 16.5. The lowest BCUT2D eigenvalue weighted by molar-refractivity contribution is 0.0361. The van der Waals surface area contributed by atoms with Crippen LogP contribution in [0, 0.1) is 5.92 Å². The summed E-state index contributed by atoms with van der Waals surface area (Å²) in [6.07, 6.45) is 5.81. The van der Waals surface area contributed by atoms with Crippen LogP contribution in [0.5, 0.6) is 0 Å². The normalized spacial score (nSPS) is 32.6. The van der Waals surface area contributed by atoms with Crippen LogP contribution in [0.25, 0.3) is 0 Å². The summed E-state index contributed by atoms with van der Waals surface area (Å²) in [7, 11) is 1.82. The quantitative estimate of drug-likeness (QED) is 0.767. The zero-order chi connectivity index (χ0) is 12.3. The van der Waals surface area contributed by atoms with Gasteiger partial charge >= 0.3 is 0 Å². The lowest BCUT2D eigenvalue weighted by Gasteiger charge is -2.41. The van der Waals surface area contributed by atoms with Crippen LogP contribution in [0.15, 0.2) is 0 Å². The summed E-state index contributed by atoms with van der Waals surface area (Å²) in [5.74, 6) is 0.956. The number of nitrogens with one attached hydrogen (secondary N) is 1. The monoisotopic (exact) mass is 240 g/mol. The number of piperazine rings is 1. The molecule has 0 aromatic rings. The van der Waals surface area contributed by atoms with Crippen molar-refractivity contribution >= 4 is 0 Å². The predicted molar refractivity (Wildman–Crippen MR) is 71.3 cm³/mol. The van der Waals surface area contributed by atoms with Gasteiger partial charge < -0.3 is 10.1 Å². The van der Waals surface area contributed by atoms with Crippen LogP contribution in [0.2, 0.25) is 0 Å². The highest BCUT2D eigenvalue weighted by Crippen LogP contribution is 2.34. The number of hydrogen-bond acceptors (Lipinski definition) is 3. The van der Waals surface area contributed by atoms with Crippen LogP contribution < -0.4 is 5.32 Å². The molecule has 0 aromatic carbocycles. The van der Waals surface area contributed by atoms with Crippen molar-refractivity contribution in [3.8, 4) is 0 Å². The van der Waals surface area contributed by atoms with E-state index >= 15 is 0 Å². The Balaban J connectivity index is 1.88. The summed E-state index contributed by atoms with van der Waals surface area (Å²) >= 11 is 0. The van der Waals surface area contributed by atoms with Gasteiger partial charge in [-0.3, -0.25) is 4.90 Å².